The zero-order valence-electron chi connectivity index (χ0n) is 17.9. The van der Waals surface area contributed by atoms with E-state index in [0.717, 1.165) is 33.5 Å². The second kappa shape index (κ2) is 7.82. The Bertz CT molecular complexity index is 1650. The molecule has 0 N–H and O–H groups in total. The Morgan fingerprint density at radius 3 is 2.03 bits per heavy atom. The lowest BCUT2D eigenvalue weighted by atomic mass is 9.91. The van der Waals surface area contributed by atoms with Crippen LogP contribution >= 0.6 is 0 Å². The topological polar surface area (TPSA) is 28.7 Å². The van der Waals surface area contributed by atoms with Gasteiger partial charge in [-0.1, -0.05) is 91.0 Å². The molecule has 0 aliphatic rings. The molecular formula is C31H20N2. The van der Waals surface area contributed by atoms with Gasteiger partial charge in [0.1, 0.15) is 0 Å². The van der Waals surface area contributed by atoms with Gasteiger partial charge in [0, 0.05) is 22.0 Å². The Morgan fingerprint density at radius 2 is 1.24 bits per heavy atom. The van der Waals surface area contributed by atoms with Crippen LogP contribution in [0.3, 0.4) is 0 Å². The molecule has 2 heteroatoms. The van der Waals surface area contributed by atoms with Gasteiger partial charge in [-0.05, 0) is 47.0 Å². The molecule has 0 aliphatic carbocycles. The van der Waals surface area contributed by atoms with Crippen molar-refractivity contribution in [2.75, 3.05) is 0 Å². The Labute approximate surface area is 192 Å². The van der Waals surface area contributed by atoms with E-state index < -0.39 is 0 Å². The molecule has 33 heavy (non-hydrogen) atoms. The van der Waals surface area contributed by atoms with Gasteiger partial charge < -0.3 is 4.57 Å². The van der Waals surface area contributed by atoms with Crippen LogP contribution in [0.15, 0.2) is 121 Å². The predicted octanol–water partition coefficient (Wildman–Crippen LogP) is 7.99. The number of nitrogens with zero attached hydrogens (tertiary/aromatic N) is 2. The quantitative estimate of drug-likeness (QED) is 0.285. The highest BCUT2D eigenvalue weighted by Crippen LogP contribution is 2.41. The van der Waals surface area contributed by atoms with Gasteiger partial charge in [-0.25, -0.2) is 0 Å². The van der Waals surface area contributed by atoms with Crippen LogP contribution in [0.4, 0.5) is 0 Å². The third-order valence-electron chi connectivity index (χ3n) is 6.23. The van der Waals surface area contributed by atoms with Gasteiger partial charge in [0.25, 0.3) is 0 Å². The van der Waals surface area contributed by atoms with Crippen LogP contribution in [0.25, 0.3) is 49.7 Å². The second-order valence-corrected chi connectivity index (χ2v) is 8.13. The van der Waals surface area contributed by atoms with Gasteiger partial charge in [0.05, 0.1) is 22.7 Å². The van der Waals surface area contributed by atoms with E-state index in [1.165, 1.54) is 16.3 Å². The lowest BCUT2D eigenvalue weighted by Crippen LogP contribution is -1.96. The Hall–Kier alpha value is -4.61. The monoisotopic (exact) mass is 420 g/mol. The van der Waals surface area contributed by atoms with Gasteiger partial charge in [-0.15, -0.1) is 0 Å². The molecule has 0 fully saturated rings. The summed E-state index contributed by atoms with van der Waals surface area (Å²) in [7, 11) is 0. The minimum absolute atomic E-state index is 0.657. The Kier molecular flexibility index (Phi) is 4.53. The van der Waals surface area contributed by atoms with Crippen molar-refractivity contribution in [1.82, 2.24) is 4.57 Å². The smallest absolute Gasteiger partial charge is 0.0991 e. The zero-order chi connectivity index (χ0) is 22.2. The molecule has 0 spiro atoms. The molecule has 0 saturated heterocycles. The summed E-state index contributed by atoms with van der Waals surface area (Å²) in [4.78, 5) is 0. The third kappa shape index (κ3) is 3.11. The summed E-state index contributed by atoms with van der Waals surface area (Å²) in [6, 6.07) is 44.2. The highest BCUT2D eigenvalue weighted by atomic mass is 15.0. The van der Waals surface area contributed by atoms with Gasteiger partial charge >= 0.3 is 0 Å². The van der Waals surface area contributed by atoms with E-state index in [2.05, 4.69) is 108 Å². The van der Waals surface area contributed by atoms with Crippen LogP contribution in [-0.4, -0.2) is 4.57 Å². The molecule has 0 aliphatic heterocycles. The van der Waals surface area contributed by atoms with Crippen molar-refractivity contribution in [2.45, 2.75) is 0 Å². The predicted molar refractivity (Wildman–Crippen MR) is 136 cm³/mol. The van der Waals surface area contributed by atoms with Crippen LogP contribution in [0.2, 0.25) is 0 Å². The van der Waals surface area contributed by atoms with Crippen molar-refractivity contribution < 1.29 is 0 Å². The fourth-order valence-electron chi connectivity index (χ4n) is 4.79. The molecule has 6 aromatic rings. The van der Waals surface area contributed by atoms with E-state index in [0.29, 0.717) is 5.56 Å². The second-order valence-electron chi connectivity index (χ2n) is 8.13. The van der Waals surface area contributed by atoms with Crippen LogP contribution in [0, 0.1) is 11.3 Å². The molecule has 0 radical (unpaired) electrons. The summed E-state index contributed by atoms with van der Waals surface area (Å²) >= 11 is 0. The first-order valence-corrected chi connectivity index (χ1v) is 11.0. The van der Waals surface area contributed by atoms with E-state index in [9.17, 15) is 5.26 Å². The average Bonchev–Trinajstić information content (AvgIpc) is 3.24. The van der Waals surface area contributed by atoms with Crippen molar-refractivity contribution in [3.63, 3.8) is 0 Å². The lowest BCUT2D eigenvalue weighted by molar-refractivity contribution is 1.18. The zero-order valence-corrected chi connectivity index (χ0v) is 17.9. The highest BCUT2D eigenvalue weighted by molar-refractivity contribution is 6.14. The third-order valence-corrected chi connectivity index (χ3v) is 6.23. The number of aromatic nitrogens is 1. The molecule has 0 amide bonds. The number of hydrogen-bond acceptors (Lipinski definition) is 1. The summed E-state index contributed by atoms with van der Waals surface area (Å²) < 4.78 is 2.34. The lowest BCUT2D eigenvalue weighted by Gasteiger charge is -2.15. The van der Waals surface area contributed by atoms with Gasteiger partial charge in [-0.2, -0.15) is 5.26 Å². The number of fused-ring (bicyclic) bond motifs is 3. The molecule has 0 atom stereocenters. The summed E-state index contributed by atoms with van der Waals surface area (Å²) in [5.74, 6) is 0. The first kappa shape index (κ1) is 19.1. The minimum atomic E-state index is 0.657. The standard InChI is InChI=1S/C31H20N2/c32-21-22-18-19-25(23-10-3-1-4-11-23)29(20-22)28-16-9-15-27-26-14-7-8-17-30(26)33(31(27)28)24-12-5-2-6-13-24/h1-20H. The molecular weight excluding hydrogens is 400 g/mol. The van der Waals surface area contributed by atoms with Gasteiger partial charge in [0.15, 0.2) is 0 Å². The number of para-hydroxylation sites is 3. The highest BCUT2D eigenvalue weighted by Gasteiger charge is 2.18. The first-order valence-electron chi connectivity index (χ1n) is 11.0. The summed E-state index contributed by atoms with van der Waals surface area (Å²) in [5, 5.41) is 12.1. The van der Waals surface area contributed by atoms with Crippen molar-refractivity contribution in [2.24, 2.45) is 0 Å². The molecule has 2 nitrogen and oxygen atoms in total. The van der Waals surface area contributed by atoms with Crippen LogP contribution in [0.1, 0.15) is 5.56 Å². The summed E-state index contributed by atoms with van der Waals surface area (Å²) in [6.45, 7) is 0. The van der Waals surface area contributed by atoms with E-state index in [-0.39, 0.29) is 0 Å². The first-order chi connectivity index (χ1) is 16.3. The number of rotatable bonds is 3. The molecule has 1 aromatic heterocycles. The molecule has 0 saturated carbocycles. The molecule has 0 unspecified atom stereocenters. The fourth-order valence-corrected chi connectivity index (χ4v) is 4.79. The van der Waals surface area contributed by atoms with E-state index in [1.54, 1.807) is 0 Å². The fraction of sp³-hybridized carbons (Fsp3) is 0. The van der Waals surface area contributed by atoms with Crippen LogP contribution in [0.5, 0.6) is 0 Å². The molecule has 6 rings (SSSR count). The normalized spacial score (nSPS) is 11.0. The Morgan fingerprint density at radius 1 is 0.545 bits per heavy atom. The number of benzene rings is 5. The number of nitriles is 1. The van der Waals surface area contributed by atoms with E-state index in [4.69, 9.17) is 0 Å². The maximum atomic E-state index is 9.68. The molecule has 5 aromatic carbocycles. The maximum Gasteiger partial charge on any atom is 0.0991 e. The molecule has 1 heterocycles. The van der Waals surface area contributed by atoms with Crippen molar-refractivity contribution >= 4 is 21.8 Å². The average molecular weight is 421 g/mol. The molecule has 0 bridgehead atoms. The van der Waals surface area contributed by atoms with Gasteiger partial charge in [-0.3, -0.25) is 0 Å². The number of hydrogen-bond donors (Lipinski definition) is 0. The van der Waals surface area contributed by atoms with Crippen molar-refractivity contribution in [1.29, 1.82) is 5.26 Å². The van der Waals surface area contributed by atoms with Crippen LogP contribution < -0.4 is 0 Å². The minimum Gasteiger partial charge on any atom is -0.309 e. The Balaban J connectivity index is 1.77. The summed E-state index contributed by atoms with van der Waals surface area (Å²) in [6.07, 6.45) is 0. The maximum absolute atomic E-state index is 9.68. The van der Waals surface area contributed by atoms with Crippen molar-refractivity contribution in [3.8, 4) is 34.0 Å². The van der Waals surface area contributed by atoms with E-state index >= 15 is 0 Å². The largest absolute Gasteiger partial charge is 0.309 e. The molecule has 154 valence electrons. The van der Waals surface area contributed by atoms with Crippen molar-refractivity contribution in [3.05, 3.63) is 127 Å². The summed E-state index contributed by atoms with van der Waals surface area (Å²) in [5.41, 5.74) is 8.52. The SMILES string of the molecule is N#Cc1ccc(-c2ccccc2)c(-c2cccc3c4ccccc4n(-c4ccccc4)c23)c1. The van der Waals surface area contributed by atoms with Crippen LogP contribution in [-0.2, 0) is 0 Å². The van der Waals surface area contributed by atoms with Gasteiger partial charge in [0.2, 0.25) is 0 Å². The van der Waals surface area contributed by atoms with E-state index in [1.807, 2.05) is 24.3 Å².